The maximum absolute atomic E-state index is 12.9. The number of carbonyl (C=O) groups is 2. The van der Waals surface area contributed by atoms with Gasteiger partial charge < -0.3 is 10.1 Å². The summed E-state index contributed by atoms with van der Waals surface area (Å²) in [7, 11) is 0. The first-order valence-electron chi connectivity index (χ1n) is 8.89. The molecule has 0 bridgehead atoms. The van der Waals surface area contributed by atoms with Crippen molar-refractivity contribution in [2.45, 2.75) is 4.87 Å². The lowest BCUT2D eigenvalue weighted by molar-refractivity contribution is -0.122. The predicted molar refractivity (Wildman–Crippen MR) is 110 cm³/mol. The van der Waals surface area contributed by atoms with Crippen LogP contribution in [0.15, 0.2) is 78.9 Å². The molecule has 1 spiro atoms. The minimum atomic E-state index is -1.06. The molecule has 0 saturated carbocycles. The number of nitrogens with one attached hydrogen (secondary N) is 1. The first-order valence-corrected chi connectivity index (χ1v) is 9.88. The van der Waals surface area contributed by atoms with Gasteiger partial charge in [-0.05, 0) is 42.5 Å². The van der Waals surface area contributed by atoms with Gasteiger partial charge in [-0.25, -0.2) is 0 Å². The minimum absolute atomic E-state index is 0.0893. The number of rotatable bonds is 3. The lowest BCUT2D eigenvalue weighted by atomic mass is 10.0. The molecule has 2 aliphatic heterocycles. The second kappa shape index (κ2) is 6.42. The van der Waals surface area contributed by atoms with E-state index in [0.29, 0.717) is 11.4 Å². The molecule has 2 amide bonds. The van der Waals surface area contributed by atoms with E-state index < -0.39 is 4.87 Å². The van der Waals surface area contributed by atoms with Crippen molar-refractivity contribution in [1.82, 2.24) is 0 Å². The number of ether oxygens (including phenoxy) is 1. The Morgan fingerprint density at radius 3 is 2.32 bits per heavy atom. The summed E-state index contributed by atoms with van der Waals surface area (Å²) in [6.07, 6.45) is 0. The van der Waals surface area contributed by atoms with Crippen molar-refractivity contribution >= 4 is 35.0 Å². The van der Waals surface area contributed by atoms with E-state index in [1.165, 1.54) is 11.8 Å². The Hall–Kier alpha value is -3.25. The Morgan fingerprint density at radius 1 is 0.857 bits per heavy atom. The Kier molecular flexibility index (Phi) is 3.87. The van der Waals surface area contributed by atoms with Crippen LogP contribution < -0.4 is 15.0 Å². The average molecular weight is 388 g/mol. The molecule has 28 heavy (non-hydrogen) atoms. The molecule has 0 aliphatic carbocycles. The molecule has 3 aromatic carbocycles. The number of hydrogen-bond donors (Lipinski definition) is 1. The van der Waals surface area contributed by atoms with Crippen molar-refractivity contribution in [3.8, 4) is 11.5 Å². The number of nitrogens with zero attached hydrogens (tertiary/aromatic N) is 1. The van der Waals surface area contributed by atoms with Crippen LogP contribution in [0, 0.1) is 0 Å². The minimum Gasteiger partial charge on any atom is -0.457 e. The fourth-order valence-electron chi connectivity index (χ4n) is 3.67. The molecule has 0 aromatic heterocycles. The van der Waals surface area contributed by atoms with Crippen LogP contribution in [0.3, 0.4) is 0 Å². The van der Waals surface area contributed by atoms with Crippen LogP contribution in [0.4, 0.5) is 11.4 Å². The Morgan fingerprint density at radius 2 is 1.54 bits per heavy atom. The van der Waals surface area contributed by atoms with Crippen LogP contribution in [0.5, 0.6) is 11.5 Å². The number of fused-ring (bicyclic) bond motifs is 2. The van der Waals surface area contributed by atoms with E-state index in [2.05, 4.69) is 5.32 Å². The normalized spacial score (nSPS) is 20.4. The fourth-order valence-corrected chi connectivity index (χ4v) is 4.98. The molecule has 1 fully saturated rings. The topological polar surface area (TPSA) is 58.6 Å². The van der Waals surface area contributed by atoms with Gasteiger partial charge in [0.2, 0.25) is 10.8 Å². The Bertz CT molecular complexity index is 1070. The van der Waals surface area contributed by atoms with Gasteiger partial charge in [0.15, 0.2) is 0 Å². The molecular formula is C22H16N2O3S. The quantitative estimate of drug-likeness (QED) is 0.724. The second-order valence-corrected chi connectivity index (χ2v) is 7.74. The van der Waals surface area contributed by atoms with Gasteiger partial charge in [-0.3, -0.25) is 14.5 Å². The summed E-state index contributed by atoms with van der Waals surface area (Å²) in [6, 6.07) is 24.3. The third-order valence-electron chi connectivity index (χ3n) is 4.89. The smallest absolute Gasteiger partial charge is 0.266 e. The lowest BCUT2D eigenvalue weighted by Gasteiger charge is -2.32. The summed E-state index contributed by atoms with van der Waals surface area (Å²) >= 11 is 1.35. The van der Waals surface area contributed by atoms with E-state index in [1.807, 2.05) is 78.9 Å². The molecule has 6 heteroatoms. The zero-order chi connectivity index (χ0) is 19.1. The van der Waals surface area contributed by atoms with Gasteiger partial charge in [-0.2, -0.15) is 0 Å². The van der Waals surface area contributed by atoms with E-state index in [-0.39, 0.29) is 17.6 Å². The van der Waals surface area contributed by atoms with E-state index in [0.717, 1.165) is 17.0 Å². The summed E-state index contributed by atoms with van der Waals surface area (Å²) in [6.45, 7) is 0. The van der Waals surface area contributed by atoms with Crippen molar-refractivity contribution in [3.63, 3.8) is 0 Å². The number of hydrogen-bond acceptors (Lipinski definition) is 4. The highest BCUT2D eigenvalue weighted by atomic mass is 32.2. The van der Waals surface area contributed by atoms with Crippen LogP contribution >= 0.6 is 11.8 Å². The largest absolute Gasteiger partial charge is 0.457 e. The molecule has 5 nitrogen and oxygen atoms in total. The van der Waals surface area contributed by atoms with Gasteiger partial charge in [-0.15, -0.1) is 11.8 Å². The van der Waals surface area contributed by atoms with Crippen molar-refractivity contribution in [2.24, 2.45) is 0 Å². The molecule has 1 saturated heterocycles. The summed E-state index contributed by atoms with van der Waals surface area (Å²) in [4.78, 5) is 26.2. The Balaban J connectivity index is 1.51. The van der Waals surface area contributed by atoms with Crippen LogP contribution in [-0.2, 0) is 14.5 Å². The van der Waals surface area contributed by atoms with Crippen molar-refractivity contribution in [2.75, 3.05) is 16.0 Å². The van der Waals surface area contributed by atoms with Crippen molar-refractivity contribution in [3.05, 3.63) is 84.4 Å². The lowest BCUT2D eigenvalue weighted by Crippen LogP contribution is -2.47. The zero-order valence-corrected chi connectivity index (χ0v) is 15.6. The first-order chi connectivity index (χ1) is 13.7. The molecule has 1 atom stereocenters. The van der Waals surface area contributed by atoms with Crippen LogP contribution in [0.1, 0.15) is 5.56 Å². The number of para-hydroxylation sites is 2. The number of carbonyl (C=O) groups excluding carboxylic acids is 2. The van der Waals surface area contributed by atoms with E-state index >= 15 is 0 Å². The van der Waals surface area contributed by atoms with Crippen LogP contribution in [0.25, 0.3) is 0 Å². The van der Waals surface area contributed by atoms with Gasteiger partial charge >= 0.3 is 0 Å². The Labute approximate surface area is 166 Å². The summed E-state index contributed by atoms with van der Waals surface area (Å²) in [5, 5.41) is 2.92. The van der Waals surface area contributed by atoms with E-state index in [4.69, 9.17) is 4.74 Å². The SMILES string of the molecule is O=C1CS[C@]2(C(=O)Nc3ccccc32)N1c1ccc(Oc2ccccc2)cc1. The van der Waals surface area contributed by atoms with Crippen LogP contribution in [-0.4, -0.2) is 17.6 Å². The molecule has 5 rings (SSSR count). The molecule has 2 heterocycles. The first kappa shape index (κ1) is 16.9. The molecule has 3 aromatic rings. The van der Waals surface area contributed by atoms with Crippen molar-refractivity contribution < 1.29 is 14.3 Å². The van der Waals surface area contributed by atoms with E-state index in [1.54, 1.807) is 4.90 Å². The van der Waals surface area contributed by atoms with Crippen molar-refractivity contribution in [1.29, 1.82) is 0 Å². The fraction of sp³-hybridized carbons (Fsp3) is 0.0909. The maximum atomic E-state index is 12.9. The second-order valence-electron chi connectivity index (χ2n) is 6.57. The molecule has 2 aliphatic rings. The highest BCUT2D eigenvalue weighted by Crippen LogP contribution is 2.53. The number of benzene rings is 3. The van der Waals surface area contributed by atoms with Gasteiger partial charge in [-0.1, -0.05) is 36.4 Å². The standard InChI is InChI=1S/C22H16N2O3S/c25-20-14-28-22(18-8-4-5-9-19(18)23-21(22)26)24(20)15-10-12-17(13-11-15)27-16-6-2-1-3-7-16/h1-13H,14H2,(H,23,26)/t22-/m1/s1. The molecule has 1 N–H and O–H groups in total. The summed E-state index contributed by atoms with van der Waals surface area (Å²) in [5.41, 5.74) is 2.24. The monoisotopic (exact) mass is 388 g/mol. The highest BCUT2D eigenvalue weighted by molar-refractivity contribution is 8.02. The molecular weight excluding hydrogens is 372 g/mol. The van der Waals surface area contributed by atoms with Gasteiger partial charge in [0, 0.05) is 16.9 Å². The summed E-state index contributed by atoms with van der Waals surface area (Å²) < 4.78 is 5.83. The highest BCUT2D eigenvalue weighted by Gasteiger charge is 2.58. The molecule has 0 unspecified atom stereocenters. The zero-order valence-electron chi connectivity index (χ0n) is 14.8. The number of thioether (sulfide) groups is 1. The molecule has 138 valence electrons. The van der Waals surface area contributed by atoms with Gasteiger partial charge in [0.05, 0.1) is 5.75 Å². The number of amides is 2. The maximum Gasteiger partial charge on any atom is 0.266 e. The average Bonchev–Trinajstić information content (AvgIpc) is 3.21. The predicted octanol–water partition coefficient (Wildman–Crippen LogP) is 4.36. The van der Waals surface area contributed by atoms with Gasteiger partial charge in [0.1, 0.15) is 11.5 Å². The van der Waals surface area contributed by atoms with Crippen LogP contribution in [0.2, 0.25) is 0 Å². The van der Waals surface area contributed by atoms with E-state index in [9.17, 15) is 9.59 Å². The third-order valence-corrected chi connectivity index (χ3v) is 6.29. The molecule has 0 radical (unpaired) electrons. The number of anilines is 2. The summed E-state index contributed by atoms with van der Waals surface area (Å²) in [5.74, 6) is 1.38. The third kappa shape index (κ3) is 2.49. The van der Waals surface area contributed by atoms with Gasteiger partial charge in [0.25, 0.3) is 5.91 Å².